The van der Waals surface area contributed by atoms with Crippen LogP contribution in [-0.4, -0.2) is 28.0 Å². The van der Waals surface area contributed by atoms with Gasteiger partial charge in [-0.3, -0.25) is 0 Å². The van der Waals surface area contributed by atoms with Crippen LogP contribution in [0.25, 0.3) is 4.85 Å². The number of fused-ring (bicyclic) bond motifs is 2. The Labute approximate surface area is 165 Å². The van der Waals surface area contributed by atoms with Crippen LogP contribution in [-0.2, 0) is 12.8 Å². The van der Waals surface area contributed by atoms with E-state index < -0.39 is 11.7 Å². The van der Waals surface area contributed by atoms with E-state index in [4.69, 9.17) is 11.8 Å². The first kappa shape index (κ1) is 18.5. The molecule has 4 rings (SSSR count). The third kappa shape index (κ3) is 3.03. The van der Waals surface area contributed by atoms with Crippen molar-refractivity contribution in [2.75, 3.05) is 5.32 Å². The molecule has 2 aromatic carbocycles. The second-order valence-electron chi connectivity index (χ2n) is 8.06. The summed E-state index contributed by atoms with van der Waals surface area (Å²) in [4.78, 5) is 3.60. The maximum atomic E-state index is 11.6. The third-order valence-corrected chi connectivity index (χ3v) is 6.30. The van der Waals surface area contributed by atoms with E-state index in [0.717, 1.165) is 35.2 Å². The molecular weight excluding hydrogens is 350 g/mol. The highest BCUT2D eigenvalue weighted by molar-refractivity contribution is 5.66. The normalized spacial score (nSPS) is 28.2. The molecule has 2 aromatic rings. The fourth-order valence-corrected chi connectivity index (χ4v) is 4.73. The lowest BCUT2D eigenvalue weighted by molar-refractivity contribution is -0.122. The largest absolute Gasteiger partial charge is 0.390 e. The lowest BCUT2D eigenvalue weighted by Gasteiger charge is -2.51. The van der Waals surface area contributed by atoms with Crippen molar-refractivity contribution in [3.8, 4) is 6.07 Å². The van der Waals surface area contributed by atoms with Gasteiger partial charge in [-0.2, -0.15) is 5.26 Å². The zero-order valence-electron chi connectivity index (χ0n) is 15.8. The summed E-state index contributed by atoms with van der Waals surface area (Å²) in [5.41, 5.74) is 3.81. The predicted octanol–water partition coefficient (Wildman–Crippen LogP) is 3.50. The Morgan fingerprint density at radius 3 is 2.71 bits per heavy atom. The van der Waals surface area contributed by atoms with Gasteiger partial charge in [-0.25, -0.2) is 4.85 Å². The smallest absolute Gasteiger partial charge is 0.190 e. The quantitative estimate of drug-likeness (QED) is 0.704. The van der Waals surface area contributed by atoms with Crippen LogP contribution >= 0.6 is 0 Å². The minimum Gasteiger partial charge on any atom is -0.390 e. The summed E-state index contributed by atoms with van der Waals surface area (Å²) >= 11 is 0. The second kappa shape index (κ2) is 6.95. The second-order valence-corrected chi connectivity index (χ2v) is 8.06. The number of nitrogens with zero attached hydrogens (tertiary/aromatic N) is 2. The summed E-state index contributed by atoms with van der Waals surface area (Å²) in [6.07, 6.45) is 1.67. The number of nitrogens with one attached hydrogen (secondary N) is 1. The molecular formula is C23H23N3O2. The average molecular weight is 373 g/mol. The van der Waals surface area contributed by atoms with Gasteiger partial charge in [-0.1, -0.05) is 18.2 Å². The average Bonchev–Trinajstić information content (AvgIpc) is 2.70. The molecule has 2 aliphatic rings. The van der Waals surface area contributed by atoms with Gasteiger partial charge in [0.25, 0.3) is 0 Å². The fraction of sp³-hybridized carbons (Fsp3) is 0.391. The molecule has 0 aromatic heterocycles. The van der Waals surface area contributed by atoms with Crippen molar-refractivity contribution in [1.29, 1.82) is 5.26 Å². The van der Waals surface area contributed by atoms with E-state index in [2.05, 4.69) is 16.2 Å². The van der Waals surface area contributed by atoms with Crippen LogP contribution in [0.2, 0.25) is 0 Å². The van der Waals surface area contributed by atoms with E-state index in [-0.39, 0.29) is 12.0 Å². The minimum absolute atomic E-state index is 0.195. The van der Waals surface area contributed by atoms with Gasteiger partial charge in [0.05, 0.1) is 30.4 Å². The van der Waals surface area contributed by atoms with E-state index in [9.17, 15) is 10.2 Å². The molecule has 1 heterocycles. The van der Waals surface area contributed by atoms with Crippen molar-refractivity contribution in [1.82, 2.24) is 0 Å². The summed E-state index contributed by atoms with van der Waals surface area (Å²) in [7, 11) is 0. The van der Waals surface area contributed by atoms with E-state index >= 15 is 0 Å². The Hall–Kier alpha value is -2.86. The van der Waals surface area contributed by atoms with Gasteiger partial charge in [-0.15, -0.1) is 0 Å². The van der Waals surface area contributed by atoms with E-state index in [1.807, 2.05) is 31.2 Å². The van der Waals surface area contributed by atoms with Crippen molar-refractivity contribution in [3.63, 3.8) is 0 Å². The number of nitriles is 1. The Kier molecular flexibility index (Phi) is 4.59. The van der Waals surface area contributed by atoms with Gasteiger partial charge in [-0.05, 0) is 67.0 Å². The minimum atomic E-state index is -1.29. The van der Waals surface area contributed by atoms with E-state index in [0.29, 0.717) is 24.1 Å². The number of benzene rings is 2. The number of rotatable bonds is 2. The maximum absolute atomic E-state index is 11.6. The highest BCUT2D eigenvalue weighted by atomic mass is 16.3. The van der Waals surface area contributed by atoms with Gasteiger partial charge >= 0.3 is 0 Å². The first-order valence-corrected chi connectivity index (χ1v) is 9.61. The molecule has 0 bridgehead atoms. The lowest BCUT2D eigenvalue weighted by Crippen LogP contribution is -2.63. The lowest BCUT2D eigenvalue weighted by atomic mass is 9.66. The molecule has 1 aliphatic carbocycles. The summed E-state index contributed by atoms with van der Waals surface area (Å²) in [5.74, 6) is 0.195. The molecule has 5 nitrogen and oxygen atoms in total. The molecule has 0 radical (unpaired) electrons. The predicted molar refractivity (Wildman–Crippen MR) is 107 cm³/mol. The summed E-state index contributed by atoms with van der Waals surface area (Å²) < 4.78 is 0. The zero-order chi connectivity index (χ0) is 19.9. The van der Waals surface area contributed by atoms with Crippen molar-refractivity contribution >= 4 is 11.4 Å². The molecule has 0 amide bonds. The van der Waals surface area contributed by atoms with Crippen LogP contribution in [0.1, 0.15) is 35.1 Å². The van der Waals surface area contributed by atoms with E-state index in [1.165, 1.54) is 0 Å². The summed E-state index contributed by atoms with van der Waals surface area (Å²) in [6, 6.07) is 12.9. The first-order valence-electron chi connectivity index (χ1n) is 9.61. The number of hydrogen-bond donors (Lipinski definition) is 3. The highest BCUT2D eigenvalue weighted by Gasteiger charge is 2.51. The molecule has 3 N–H and O–H groups in total. The molecule has 4 atom stereocenters. The molecule has 142 valence electrons. The maximum Gasteiger partial charge on any atom is 0.190 e. The monoisotopic (exact) mass is 373 g/mol. The SMILES string of the molecule is [C-]#[N+]c1cc2c(cc1C)NC1C(CCC(O)[C@@]1(O)Cc1ccc(C#N)cc1)C2. The number of hydrogen-bond acceptors (Lipinski definition) is 4. The van der Waals surface area contributed by atoms with Gasteiger partial charge in [0.15, 0.2) is 5.69 Å². The van der Waals surface area contributed by atoms with E-state index in [1.54, 1.807) is 12.1 Å². The van der Waals surface area contributed by atoms with Crippen molar-refractivity contribution in [2.45, 2.75) is 50.4 Å². The fourth-order valence-electron chi connectivity index (χ4n) is 4.73. The Balaban J connectivity index is 1.67. The van der Waals surface area contributed by atoms with Crippen LogP contribution < -0.4 is 5.32 Å². The van der Waals surface area contributed by atoms with Crippen molar-refractivity contribution < 1.29 is 10.2 Å². The van der Waals surface area contributed by atoms with Crippen molar-refractivity contribution in [2.24, 2.45) is 5.92 Å². The van der Waals surface area contributed by atoms with Crippen LogP contribution in [0.15, 0.2) is 36.4 Å². The molecule has 1 fully saturated rings. The Bertz CT molecular complexity index is 987. The highest BCUT2D eigenvalue weighted by Crippen LogP contribution is 2.44. The third-order valence-electron chi connectivity index (χ3n) is 6.30. The molecule has 1 saturated carbocycles. The van der Waals surface area contributed by atoms with Crippen molar-refractivity contribution in [3.05, 3.63) is 70.1 Å². The molecule has 1 aliphatic heterocycles. The Morgan fingerprint density at radius 2 is 2.04 bits per heavy atom. The van der Waals surface area contributed by atoms with Gasteiger partial charge in [0, 0.05) is 12.1 Å². The molecule has 0 spiro atoms. The van der Waals surface area contributed by atoms with Crippen LogP contribution in [0.5, 0.6) is 0 Å². The van der Waals surface area contributed by atoms with Gasteiger partial charge < -0.3 is 15.5 Å². The molecule has 28 heavy (non-hydrogen) atoms. The number of anilines is 1. The first-order chi connectivity index (χ1) is 13.4. The summed E-state index contributed by atoms with van der Waals surface area (Å²) in [5, 5.41) is 34.8. The topological polar surface area (TPSA) is 80.6 Å². The number of aliphatic hydroxyl groups is 2. The summed E-state index contributed by atoms with van der Waals surface area (Å²) in [6.45, 7) is 9.26. The van der Waals surface area contributed by atoms with Crippen LogP contribution in [0.3, 0.4) is 0 Å². The number of aliphatic hydroxyl groups excluding tert-OH is 1. The number of aryl methyl sites for hydroxylation is 1. The van der Waals surface area contributed by atoms with Gasteiger partial charge in [0.1, 0.15) is 5.60 Å². The van der Waals surface area contributed by atoms with Crippen LogP contribution in [0, 0.1) is 30.7 Å². The zero-order valence-corrected chi connectivity index (χ0v) is 15.8. The Morgan fingerprint density at radius 1 is 1.29 bits per heavy atom. The molecule has 5 heteroatoms. The van der Waals surface area contributed by atoms with Crippen LogP contribution in [0.4, 0.5) is 11.4 Å². The molecule has 0 saturated heterocycles. The van der Waals surface area contributed by atoms with Gasteiger partial charge in [0.2, 0.25) is 0 Å². The molecule has 3 unspecified atom stereocenters. The standard InChI is InChI=1S/C23H23N3O2/c1-14-9-20-18(11-19(14)25-2)10-17-7-8-21(27)23(28,22(17)26-20)12-15-3-5-16(13-24)6-4-15/h3-6,9,11,17,21-22,26-28H,7-8,10,12H2,1H3/t17?,21?,22?,23-/m0/s1.